The van der Waals surface area contributed by atoms with Gasteiger partial charge in [0.1, 0.15) is 17.4 Å². The highest BCUT2D eigenvalue weighted by atomic mass is 79.9. The quantitative estimate of drug-likeness (QED) is 0.341. The number of likely N-dealkylation sites (N-methyl/N-ethyl adjacent to an activating group) is 1. The first-order valence-electron chi connectivity index (χ1n) is 9.11. The molecule has 154 valence electrons. The molecule has 3 N–H and O–H groups in total. The van der Waals surface area contributed by atoms with Crippen molar-refractivity contribution in [1.29, 1.82) is 0 Å². The largest absolute Gasteiger partial charge is 0.507 e. The summed E-state index contributed by atoms with van der Waals surface area (Å²) in [6.07, 6.45) is 3.81. The first-order chi connectivity index (χ1) is 13.9. The molecule has 29 heavy (non-hydrogen) atoms. The maximum Gasteiger partial charge on any atom is 0.131 e. The number of phenols is 1. The van der Waals surface area contributed by atoms with Gasteiger partial charge in [0.25, 0.3) is 0 Å². The topological polar surface area (TPSA) is 71.6 Å². The van der Waals surface area contributed by atoms with E-state index in [1.807, 2.05) is 19.2 Å². The number of anilines is 2. The van der Waals surface area contributed by atoms with E-state index < -0.39 is 6.67 Å². The van der Waals surface area contributed by atoms with Crippen molar-refractivity contribution in [2.75, 3.05) is 44.1 Å². The fourth-order valence-electron chi connectivity index (χ4n) is 2.95. The van der Waals surface area contributed by atoms with Crippen LogP contribution >= 0.6 is 27.3 Å². The maximum absolute atomic E-state index is 12.1. The number of hydrogen-bond donors (Lipinski definition) is 2. The monoisotopic (exact) mass is 479 g/mol. The number of halogens is 2. The Morgan fingerprint density at radius 1 is 1.31 bits per heavy atom. The van der Waals surface area contributed by atoms with Crippen LogP contribution < -0.4 is 10.6 Å². The molecule has 0 bridgehead atoms. The molecule has 1 heterocycles. The zero-order valence-corrected chi connectivity index (χ0v) is 18.7. The summed E-state index contributed by atoms with van der Waals surface area (Å²) < 4.78 is 19.0. The number of benzene rings is 2. The third-order valence-corrected chi connectivity index (χ3v) is 6.34. The fraction of sp³-hybridized carbons (Fsp3) is 0.286. The molecule has 0 amide bonds. The average molecular weight is 480 g/mol. The molecule has 0 aliphatic rings. The van der Waals surface area contributed by atoms with Gasteiger partial charge in [0.2, 0.25) is 0 Å². The molecule has 0 spiro atoms. The van der Waals surface area contributed by atoms with Gasteiger partial charge in [0, 0.05) is 19.3 Å². The number of thiazole rings is 1. The predicted molar refractivity (Wildman–Crippen MR) is 124 cm³/mol. The van der Waals surface area contributed by atoms with Crippen molar-refractivity contribution >= 4 is 61.0 Å². The number of ether oxygens (including phenoxy) is 1. The molecule has 0 aliphatic carbocycles. The number of alkyl halides is 1. The molecule has 5 nitrogen and oxygen atoms in total. The fourth-order valence-corrected chi connectivity index (χ4v) is 4.20. The van der Waals surface area contributed by atoms with Crippen molar-refractivity contribution < 1.29 is 14.2 Å². The second-order valence-corrected chi connectivity index (χ2v) is 8.47. The van der Waals surface area contributed by atoms with Gasteiger partial charge in [-0.1, -0.05) is 0 Å². The van der Waals surface area contributed by atoms with Crippen molar-refractivity contribution in [3.8, 4) is 5.75 Å². The van der Waals surface area contributed by atoms with E-state index >= 15 is 0 Å². The number of nitrogens with two attached hydrogens (primary N) is 1. The standard InChI is InChI=1S/C21H23BrFN3O2S/c1-13-11-15-18(12-16(13)26(2)8-10-28-9-7-23)29-19(25-15)6-4-14-3-5-17(27)20(22)21(14)24/h3-6,11-12,27H,7-10,24H2,1-2H3/b6-4+. The van der Waals surface area contributed by atoms with Gasteiger partial charge in [0.15, 0.2) is 0 Å². The Morgan fingerprint density at radius 3 is 2.86 bits per heavy atom. The van der Waals surface area contributed by atoms with Crippen LogP contribution in [-0.4, -0.2) is 43.6 Å². The van der Waals surface area contributed by atoms with Gasteiger partial charge >= 0.3 is 0 Å². The predicted octanol–water partition coefficient (Wildman–Crippen LogP) is 5.25. The van der Waals surface area contributed by atoms with Gasteiger partial charge < -0.3 is 20.5 Å². The van der Waals surface area contributed by atoms with Crippen LogP contribution in [0.5, 0.6) is 5.75 Å². The first kappa shape index (κ1) is 21.5. The van der Waals surface area contributed by atoms with Crippen LogP contribution in [0.2, 0.25) is 0 Å². The minimum atomic E-state index is -0.460. The van der Waals surface area contributed by atoms with E-state index in [9.17, 15) is 9.50 Å². The lowest BCUT2D eigenvalue weighted by molar-refractivity contribution is 0.125. The van der Waals surface area contributed by atoms with Gasteiger partial charge in [-0.05, 0) is 70.4 Å². The molecule has 0 fully saturated rings. The molecule has 0 saturated carbocycles. The number of fused-ring (bicyclic) bond motifs is 1. The van der Waals surface area contributed by atoms with E-state index in [1.165, 1.54) is 0 Å². The van der Waals surface area contributed by atoms with Crippen molar-refractivity contribution in [3.63, 3.8) is 0 Å². The van der Waals surface area contributed by atoms with Gasteiger partial charge in [-0.2, -0.15) is 0 Å². The lowest BCUT2D eigenvalue weighted by Crippen LogP contribution is -2.23. The number of nitrogens with zero attached hydrogens (tertiary/aromatic N) is 2. The third-order valence-electron chi connectivity index (χ3n) is 4.53. The van der Waals surface area contributed by atoms with E-state index in [2.05, 4.69) is 39.9 Å². The zero-order valence-electron chi connectivity index (χ0n) is 16.3. The molecule has 3 aromatic rings. The van der Waals surface area contributed by atoms with Crippen LogP contribution in [0, 0.1) is 6.92 Å². The number of rotatable bonds is 8. The molecular formula is C21H23BrFN3O2S. The summed E-state index contributed by atoms with van der Waals surface area (Å²) in [6, 6.07) is 7.56. The SMILES string of the molecule is Cc1cc2nc(/C=C/c3ccc(O)c(Br)c3N)sc2cc1N(C)CCOCCF. The van der Waals surface area contributed by atoms with Crippen molar-refractivity contribution in [3.05, 3.63) is 44.9 Å². The Balaban J connectivity index is 1.80. The van der Waals surface area contributed by atoms with Crippen molar-refractivity contribution in [1.82, 2.24) is 4.98 Å². The molecule has 8 heteroatoms. The smallest absolute Gasteiger partial charge is 0.131 e. The van der Waals surface area contributed by atoms with Crippen LogP contribution in [0.25, 0.3) is 22.4 Å². The summed E-state index contributed by atoms with van der Waals surface area (Å²) in [6.45, 7) is 2.90. The van der Waals surface area contributed by atoms with Crippen LogP contribution in [0.3, 0.4) is 0 Å². The highest BCUT2D eigenvalue weighted by Crippen LogP contribution is 2.34. The van der Waals surface area contributed by atoms with Gasteiger partial charge in [0.05, 0.1) is 33.6 Å². The van der Waals surface area contributed by atoms with Crippen LogP contribution in [-0.2, 0) is 4.74 Å². The summed E-state index contributed by atoms with van der Waals surface area (Å²) >= 11 is 4.88. The molecule has 3 rings (SSSR count). The molecule has 0 atom stereocenters. The highest BCUT2D eigenvalue weighted by molar-refractivity contribution is 9.10. The lowest BCUT2D eigenvalue weighted by atomic mass is 10.1. The van der Waals surface area contributed by atoms with E-state index in [4.69, 9.17) is 15.5 Å². The molecule has 0 unspecified atom stereocenters. The molecular weight excluding hydrogens is 457 g/mol. The zero-order chi connectivity index (χ0) is 21.0. The Morgan fingerprint density at radius 2 is 2.10 bits per heavy atom. The second kappa shape index (κ2) is 9.56. The van der Waals surface area contributed by atoms with Crippen LogP contribution in [0.4, 0.5) is 15.8 Å². The third kappa shape index (κ3) is 5.07. The van der Waals surface area contributed by atoms with E-state index in [-0.39, 0.29) is 12.4 Å². The van der Waals surface area contributed by atoms with E-state index in [1.54, 1.807) is 23.5 Å². The lowest BCUT2D eigenvalue weighted by Gasteiger charge is -2.21. The van der Waals surface area contributed by atoms with E-state index in [0.717, 1.165) is 32.0 Å². The number of hydrogen-bond acceptors (Lipinski definition) is 6. The molecule has 0 aliphatic heterocycles. The van der Waals surface area contributed by atoms with Crippen molar-refractivity contribution in [2.24, 2.45) is 0 Å². The Bertz CT molecular complexity index is 1040. The van der Waals surface area contributed by atoms with Gasteiger partial charge in [-0.15, -0.1) is 11.3 Å². The average Bonchev–Trinajstić information content (AvgIpc) is 3.09. The number of phenolic OH excluding ortho intramolecular Hbond substituents is 1. The van der Waals surface area contributed by atoms with E-state index in [0.29, 0.717) is 23.3 Å². The summed E-state index contributed by atoms with van der Waals surface area (Å²) in [5, 5.41) is 10.6. The van der Waals surface area contributed by atoms with Crippen LogP contribution in [0.1, 0.15) is 16.1 Å². The summed E-state index contributed by atoms with van der Waals surface area (Å²) in [7, 11) is 2.00. The second-order valence-electron chi connectivity index (χ2n) is 6.62. The molecule has 2 aromatic carbocycles. The van der Waals surface area contributed by atoms with Crippen LogP contribution in [0.15, 0.2) is 28.7 Å². The summed E-state index contributed by atoms with van der Waals surface area (Å²) in [5.41, 5.74) is 10.5. The summed E-state index contributed by atoms with van der Waals surface area (Å²) in [5.74, 6) is 0.113. The number of aromatic hydroxyl groups is 1. The molecule has 0 saturated heterocycles. The number of aryl methyl sites for hydroxylation is 1. The Kier molecular flexibility index (Phi) is 7.10. The number of nitrogen functional groups attached to an aromatic ring is 1. The molecule has 0 radical (unpaired) electrons. The Hall–Kier alpha value is -2.16. The minimum absolute atomic E-state index is 0.113. The highest BCUT2D eigenvalue weighted by Gasteiger charge is 2.10. The summed E-state index contributed by atoms with van der Waals surface area (Å²) in [4.78, 5) is 6.80. The maximum atomic E-state index is 12.1. The number of aromatic nitrogens is 1. The molecule has 1 aromatic heterocycles. The first-order valence-corrected chi connectivity index (χ1v) is 10.7. The van der Waals surface area contributed by atoms with Gasteiger partial charge in [-0.3, -0.25) is 0 Å². The van der Waals surface area contributed by atoms with Gasteiger partial charge in [-0.25, -0.2) is 9.37 Å². The normalized spacial score (nSPS) is 11.6. The minimum Gasteiger partial charge on any atom is -0.507 e. The Labute approximate surface area is 181 Å². The van der Waals surface area contributed by atoms with Crippen molar-refractivity contribution in [2.45, 2.75) is 6.92 Å².